The maximum atomic E-state index is 5.83. The zero-order chi connectivity index (χ0) is 15.8. The van der Waals surface area contributed by atoms with E-state index in [-0.39, 0.29) is 24.0 Å². The van der Waals surface area contributed by atoms with Crippen molar-refractivity contribution in [3.05, 3.63) is 65.7 Å². The number of guanidine groups is 1. The average molecular weight is 425 g/mol. The molecule has 0 aromatic heterocycles. The van der Waals surface area contributed by atoms with Crippen LogP contribution in [0.4, 0.5) is 0 Å². The van der Waals surface area contributed by atoms with Crippen LogP contribution in [0.2, 0.25) is 0 Å². The number of ether oxygens (including phenoxy) is 1. The Morgan fingerprint density at radius 2 is 1.74 bits per heavy atom. The lowest BCUT2D eigenvalue weighted by atomic mass is 10.1. The Hall–Kier alpha value is -1.76. The number of hydrogen-bond acceptors (Lipinski definition) is 2. The van der Waals surface area contributed by atoms with Crippen molar-refractivity contribution in [3.8, 4) is 5.75 Å². The number of rotatable bonds is 6. The lowest BCUT2D eigenvalue weighted by Crippen LogP contribution is -2.30. The average Bonchev–Trinajstić information content (AvgIpc) is 2.54. The highest BCUT2D eigenvalue weighted by atomic mass is 127. The second kappa shape index (κ2) is 10.1. The molecule has 0 saturated heterocycles. The Balaban J connectivity index is 0.00000264. The second-order valence-corrected chi connectivity index (χ2v) is 5.31. The molecule has 0 aliphatic carbocycles. The first kappa shape index (κ1) is 19.3. The molecule has 0 spiro atoms. The first-order chi connectivity index (χ1) is 10.6. The van der Waals surface area contributed by atoms with Crippen LogP contribution in [0, 0.1) is 0 Å². The van der Waals surface area contributed by atoms with E-state index in [4.69, 9.17) is 10.5 Å². The minimum Gasteiger partial charge on any atom is -0.489 e. The van der Waals surface area contributed by atoms with Gasteiger partial charge in [0.05, 0.1) is 0 Å². The van der Waals surface area contributed by atoms with Gasteiger partial charge in [0.1, 0.15) is 12.4 Å². The minimum atomic E-state index is 0. The van der Waals surface area contributed by atoms with Crippen LogP contribution in [-0.4, -0.2) is 31.5 Å². The number of nitrogens with two attached hydrogens (primary N) is 1. The molecule has 0 saturated carbocycles. The summed E-state index contributed by atoms with van der Waals surface area (Å²) < 4.78 is 5.83. The molecule has 0 aliphatic heterocycles. The fourth-order valence-electron chi connectivity index (χ4n) is 1.97. The fourth-order valence-corrected chi connectivity index (χ4v) is 1.97. The second-order valence-electron chi connectivity index (χ2n) is 5.31. The van der Waals surface area contributed by atoms with Gasteiger partial charge in [-0.3, -0.25) is 4.99 Å². The highest BCUT2D eigenvalue weighted by molar-refractivity contribution is 14.0. The summed E-state index contributed by atoms with van der Waals surface area (Å²) in [4.78, 5) is 6.13. The maximum Gasteiger partial charge on any atom is 0.190 e. The molecule has 2 N–H and O–H groups in total. The van der Waals surface area contributed by atoms with Gasteiger partial charge in [0.15, 0.2) is 5.96 Å². The van der Waals surface area contributed by atoms with E-state index < -0.39 is 0 Å². The SMILES string of the molecule is CN(C)C(N)=NCCc1cccc(OCc2ccccc2)c1.I. The van der Waals surface area contributed by atoms with Gasteiger partial charge >= 0.3 is 0 Å². The van der Waals surface area contributed by atoms with E-state index >= 15 is 0 Å². The summed E-state index contributed by atoms with van der Waals surface area (Å²) in [6.07, 6.45) is 0.844. The third-order valence-corrected chi connectivity index (χ3v) is 3.28. The molecule has 4 nitrogen and oxygen atoms in total. The van der Waals surface area contributed by atoms with E-state index in [1.807, 2.05) is 44.4 Å². The summed E-state index contributed by atoms with van der Waals surface area (Å²) >= 11 is 0. The van der Waals surface area contributed by atoms with E-state index in [0.29, 0.717) is 19.1 Å². The topological polar surface area (TPSA) is 50.8 Å². The van der Waals surface area contributed by atoms with Crippen molar-refractivity contribution >= 4 is 29.9 Å². The predicted octanol–water partition coefficient (Wildman–Crippen LogP) is 3.30. The van der Waals surface area contributed by atoms with Gasteiger partial charge in [0, 0.05) is 20.6 Å². The predicted molar refractivity (Wildman–Crippen MR) is 107 cm³/mol. The van der Waals surface area contributed by atoms with Crippen molar-refractivity contribution in [3.63, 3.8) is 0 Å². The van der Waals surface area contributed by atoms with Gasteiger partial charge in [-0.2, -0.15) is 0 Å². The quantitative estimate of drug-likeness (QED) is 0.439. The minimum absolute atomic E-state index is 0. The molecular formula is C18H24IN3O. The third-order valence-electron chi connectivity index (χ3n) is 3.28. The zero-order valence-electron chi connectivity index (χ0n) is 13.6. The zero-order valence-corrected chi connectivity index (χ0v) is 15.9. The van der Waals surface area contributed by atoms with Gasteiger partial charge in [-0.1, -0.05) is 42.5 Å². The van der Waals surface area contributed by atoms with E-state index in [0.717, 1.165) is 17.7 Å². The van der Waals surface area contributed by atoms with Crippen molar-refractivity contribution in [1.82, 2.24) is 4.90 Å². The summed E-state index contributed by atoms with van der Waals surface area (Å²) in [5.74, 6) is 1.43. The molecule has 0 aliphatic rings. The van der Waals surface area contributed by atoms with Gasteiger partial charge in [-0.05, 0) is 29.7 Å². The molecule has 0 radical (unpaired) electrons. The highest BCUT2D eigenvalue weighted by Crippen LogP contribution is 2.15. The lowest BCUT2D eigenvalue weighted by Gasteiger charge is -2.10. The van der Waals surface area contributed by atoms with Crippen LogP contribution in [0.3, 0.4) is 0 Å². The molecule has 0 atom stereocenters. The number of aliphatic imine (C=N–C) groups is 1. The first-order valence-corrected chi connectivity index (χ1v) is 7.38. The molecule has 0 heterocycles. The van der Waals surface area contributed by atoms with Gasteiger partial charge < -0.3 is 15.4 Å². The molecule has 0 fully saturated rings. The van der Waals surface area contributed by atoms with E-state index in [9.17, 15) is 0 Å². The van der Waals surface area contributed by atoms with Crippen LogP contribution >= 0.6 is 24.0 Å². The number of hydrogen-bond donors (Lipinski definition) is 1. The molecule has 2 aromatic rings. The summed E-state index contributed by atoms with van der Waals surface area (Å²) in [5, 5.41) is 0. The van der Waals surface area contributed by atoms with E-state index in [1.54, 1.807) is 4.90 Å². The van der Waals surface area contributed by atoms with Crippen molar-refractivity contribution in [2.75, 3.05) is 20.6 Å². The number of halogens is 1. The molecule has 124 valence electrons. The summed E-state index contributed by atoms with van der Waals surface area (Å²) in [7, 11) is 3.77. The van der Waals surface area contributed by atoms with Crippen LogP contribution in [0.5, 0.6) is 5.75 Å². The molecule has 2 aromatic carbocycles. The molecule has 0 unspecified atom stereocenters. The Morgan fingerprint density at radius 1 is 1.04 bits per heavy atom. The summed E-state index contributed by atoms with van der Waals surface area (Å²) in [5.41, 5.74) is 8.13. The Labute approximate surface area is 155 Å². The van der Waals surface area contributed by atoms with Crippen LogP contribution in [0.1, 0.15) is 11.1 Å². The van der Waals surface area contributed by atoms with E-state index in [2.05, 4.69) is 29.3 Å². The molecule has 2 rings (SSSR count). The molecule has 0 amide bonds. The van der Waals surface area contributed by atoms with E-state index in [1.165, 1.54) is 5.56 Å². The number of benzene rings is 2. The number of nitrogens with zero attached hydrogens (tertiary/aromatic N) is 2. The first-order valence-electron chi connectivity index (χ1n) is 7.38. The Bertz CT molecular complexity index is 615. The molecule has 0 bridgehead atoms. The Morgan fingerprint density at radius 3 is 2.43 bits per heavy atom. The third kappa shape index (κ3) is 6.90. The van der Waals surface area contributed by atoms with Crippen molar-refractivity contribution in [2.24, 2.45) is 10.7 Å². The van der Waals surface area contributed by atoms with Gasteiger partial charge in [0.25, 0.3) is 0 Å². The highest BCUT2D eigenvalue weighted by Gasteiger charge is 1.99. The van der Waals surface area contributed by atoms with Crippen molar-refractivity contribution in [2.45, 2.75) is 13.0 Å². The summed E-state index contributed by atoms with van der Waals surface area (Å²) in [6.45, 7) is 1.25. The van der Waals surface area contributed by atoms with Gasteiger partial charge in [-0.25, -0.2) is 0 Å². The van der Waals surface area contributed by atoms with Gasteiger partial charge in [-0.15, -0.1) is 24.0 Å². The fraction of sp³-hybridized carbons (Fsp3) is 0.278. The molecule has 5 heteroatoms. The monoisotopic (exact) mass is 425 g/mol. The van der Waals surface area contributed by atoms with Crippen LogP contribution < -0.4 is 10.5 Å². The molecule has 23 heavy (non-hydrogen) atoms. The maximum absolute atomic E-state index is 5.83. The lowest BCUT2D eigenvalue weighted by molar-refractivity contribution is 0.306. The van der Waals surface area contributed by atoms with Crippen molar-refractivity contribution in [1.29, 1.82) is 0 Å². The standard InChI is InChI=1S/C18H23N3O.HI/c1-21(2)18(19)20-12-11-15-9-6-10-17(13-15)22-14-16-7-4-3-5-8-16;/h3-10,13H,11-12,14H2,1-2H3,(H2,19,20);1H. The van der Waals surface area contributed by atoms with Crippen LogP contribution in [0.25, 0.3) is 0 Å². The normalized spacial score (nSPS) is 10.8. The smallest absolute Gasteiger partial charge is 0.190 e. The molecular weight excluding hydrogens is 401 g/mol. The largest absolute Gasteiger partial charge is 0.489 e. The van der Waals surface area contributed by atoms with Crippen molar-refractivity contribution < 1.29 is 4.74 Å². The van der Waals surface area contributed by atoms with Gasteiger partial charge in [0.2, 0.25) is 0 Å². The summed E-state index contributed by atoms with van der Waals surface area (Å²) in [6, 6.07) is 18.3. The Kier molecular flexibility index (Phi) is 8.47. The van der Waals surface area contributed by atoms with Crippen LogP contribution in [0.15, 0.2) is 59.6 Å². The van der Waals surface area contributed by atoms with Crippen LogP contribution in [-0.2, 0) is 13.0 Å².